The van der Waals surface area contributed by atoms with Gasteiger partial charge in [0.05, 0.1) is 0 Å². The molecule has 1 fully saturated rings. The van der Waals surface area contributed by atoms with Gasteiger partial charge in [-0.2, -0.15) is 0 Å². The average Bonchev–Trinajstić information content (AvgIpc) is 2.07. The molecule has 0 atom stereocenters. The Hall–Kier alpha value is 0.400. The highest BCUT2D eigenvalue weighted by atomic mass is 79.9. The molecular formula is C9H21BrN2. The van der Waals surface area contributed by atoms with Crippen LogP contribution in [0.25, 0.3) is 0 Å². The quantitative estimate of drug-likeness (QED) is 0.603. The van der Waals surface area contributed by atoms with Gasteiger partial charge < -0.3 is 11.1 Å². The summed E-state index contributed by atoms with van der Waals surface area (Å²) >= 11 is 3.46. The topological polar surface area (TPSA) is 38.2 Å². The van der Waals surface area contributed by atoms with Crippen molar-refractivity contribution in [2.24, 2.45) is 0 Å². The van der Waals surface area contributed by atoms with Crippen LogP contribution in [-0.2, 0) is 0 Å². The maximum absolute atomic E-state index is 3.46. The highest BCUT2D eigenvalue weighted by Gasteiger charge is 2.08. The minimum atomic E-state index is 0. The van der Waals surface area contributed by atoms with Crippen molar-refractivity contribution >= 4 is 15.9 Å². The van der Waals surface area contributed by atoms with Crippen molar-refractivity contribution in [3.8, 4) is 0 Å². The largest absolute Gasteiger partial charge is 0.344 e. The first kappa shape index (κ1) is 12.4. The number of nitrogens with zero attached hydrogens (tertiary/aromatic N) is 1. The molecule has 0 aromatic rings. The molecule has 3 heteroatoms. The number of piperidine rings is 1. The van der Waals surface area contributed by atoms with E-state index in [9.17, 15) is 0 Å². The van der Waals surface area contributed by atoms with E-state index in [1.54, 1.807) is 0 Å². The zero-order valence-corrected chi connectivity index (χ0v) is 9.48. The molecule has 1 rings (SSSR count). The molecule has 0 radical (unpaired) electrons. The third-order valence-electron chi connectivity index (χ3n) is 2.31. The zero-order chi connectivity index (χ0) is 7.94. The second-order valence-corrected chi connectivity index (χ2v) is 4.09. The molecule has 0 aromatic carbocycles. The van der Waals surface area contributed by atoms with Crippen LogP contribution in [0.5, 0.6) is 0 Å². The lowest BCUT2D eigenvalue weighted by Crippen LogP contribution is -2.30. The molecule has 12 heavy (non-hydrogen) atoms. The van der Waals surface area contributed by atoms with Gasteiger partial charge in [0, 0.05) is 5.33 Å². The maximum Gasteiger partial charge on any atom is 0.00317 e. The molecule has 0 bridgehead atoms. The second-order valence-electron chi connectivity index (χ2n) is 3.30. The number of rotatable bonds is 4. The van der Waals surface area contributed by atoms with Crippen molar-refractivity contribution in [3.63, 3.8) is 0 Å². The van der Waals surface area contributed by atoms with E-state index >= 15 is 0 Å². The van der Waals surface area contributed by atoms with Crippen molar-refractivity contribution in [1.29, 1.82) is 0 Å². The lowest BCUT2D eigenvalue weighted by molar-refractivity contribution is 0.226. The molecule has 0 saturated carbocycles. The molecule has 1 saturated heterocycles. The highest BCUT2D eigenvalue weighted by molar-refractivity contribution is 9.09. The van der Waals surface area contributed by atoms with E-state index in [0.717, 1.165) is 0 Å². The Kier molecular flexibility index (Phi) is 8.29. The van der Waals surface area contributed by atoms with E-state index in [2.05, 4.69) is 20.8 Å². The van der Waals surface area contributed by atoms with Gasteiger partial charge in [-0.1, -0.05) is 22.4 Å². The molecule has 0 amide bonds. The first-order valence-electron chi connectivity index (χ1n) is 4.72. The molecule has 0 unspecified atom stereocenters. The number of unbranched alkanes of at least 4 members (excludes halogenated alkanes) is 1. The van der Waals surface area contributed by atoms with Crippen LogP contribution in [0.2, 0.25) is 0 Å². The summed E-state index contributed by atoms with van der Waals surface area (Å²) in [5.74, 6) is 0. The van der Waals surface area contributed by atoms with Gasteiger partial charge in [0.25, 0.3) is 0 Å². The van der Waals surface area contributed by atoms with Gasteiger partial charge in [0.2, 0.25) is 0 Å². The van der Waals surface area contributed by atoms with Crippen LogP contribution in [0.3, 0.4) is 0 Å². The Labute approximate surface area is 84.4 Å². The Balaban J connectivity index is 0.00000121. The smallest absolute Gasteiger partial charge is 0.00317 e. The molecule has 0 aromatic heterocycles. The maximum atomic E-state index is 3.46. The van der Waals surface area contributed by atoms with Crippen molar-refractivity contribution in [3.05, 3.63) is 0 Å². The van der Waals surface area contributed by atoms with E-state index in [-0.39, 0.29) is 6.15 Å². The number of hydrogen-bond acceptors (Lipinski definition) is 2. The van der Waals surface area contributed by atoms with Gasteiger partial charge in [-0.15, -0.1) is 0 Å². The van der Waals surface area contributed by atoms with Crippen molar-refractivity contribution < 1.29 is 0 Å². The molecule has 3 N–H and O–H groups in total. The fraction of sp³-hybridized carbons (Fsp3) is 1.00. The predicted molar refractivity (Wildman–Crippen MR) is 58.3 cm³/mol. The van der Waals surface area contributed by atoms with Crippen molar-refractivity contribution in [2.45, 2.75) is 32.1 Å². The average molecular weight is 237 g/mol. The summed E-state index contributed by atoms with van der Waals surface area (Å²) in [5.41, 5.74) is 0. The molecule has 0 aliphatic carbocycles. The fourth-order valence-corrected chi connectivity index (χ4v) is 2.01. The van der Waals surface area contributed by atoms with E-state index in [1.807, 2.05) is 0 Å². The minimum Gasteiger partial charge on any atom is -0.344 e. The zero-order valence-electron chi connectivity index (χ0n) is 7.90. The van der Waals surface area contributed by atoms with E-state index < -0.39 is 0 Å². The number of alkyl halides is 1. The number of likely N-dealkylation sites (tertiary alicyclic amines) is 1. The van der Waals surface area contributed by atoms with Gasteiger partial charge >= 0.3 is 0 Å². The summed E-state index contributed by atoms with van der Waals surface area (Å²) in [4.78, 5) is 2.60. The van der Waals surface area contributed by atoms with Crippen LogP contribution < -0.4 is 6.15 Å². The van der Waals surface area contributed by atoms with Gasteiger partial charge in [-0.3, -0.25) is 0 Å². The van der Waals surface area contributed by atoms with Crippen molar-refractivity contribution in [2.75, 3.05) is 25.0 Å². The molecule has 2 nitrogen and oxygen atoms in total. The lowest BCUT2D eigenvalue weighted by atomic mass is 10.1. The van der Waals surface area contributed by atoms with E-state index in [0.29, 0.717) is 0 Å². The molecule has 0 spiro atoms. The number of halogens is 1. The van der Waals surface area contributed by atoms with Crippen molar-refractivity contribution in [1.82, 2.24) is 11.1 Å². The fourth-order valence-electron chi connectivity index (χ4n) is 1.61. The number of hydrogen-bond donors (Lipinski definition) is 1. The summed E-state index contributed by atoms with van der Waals surface area (Å²) in [6.45, 7) is 4.02. The predicted octanol–water partition coefficient (Wildman–Crippen LogP) is 2.81. The van der Waals surface area contributed by atoms with E-state index in [1.165, 1.54) is 57.1 Å². The van der Waals surface area contributed by atoms with Gasteiger partial charge in [0.1, 0.15) is 0 Å². The Morgan fingerprint density at radius 2 is 1.67 bits per heavy atom. The minimum absolute atomic E-state index is 0. The molecular weight excluding hydrogens is 216 g/mol. The first-order valence-corrected chi connectivity index (χ1v) is 5.84. The van der Waals surface area contributed by atoms with Crippen LogP contribution in [0, 0.1) is 0 Å². The van der Waals surface area contributed by atoms with Crippen LogP contribution in [0.1, 0.15) is 32.1 Å². The normalized spacial score (nSPS) is 18.8. The summed E-state index contributed by atoms with van der Waals surface area (Å²) in [6, 6.07) is 0. The first-order chi connectivity index (χ1) is 5.43. The monoisotopic (exact) mass is 236 g/mol. The summed E-state index contributed by atoms with van der Waals surface area (Å²) < 4.78 is 0. The summed E-state index contributed by atoms with van der Waals surface area (Å²) in [6.07, 6.45) is 7.00. The van der Waals surface area contributed by atoms with Gasteiger partial charge in [-0.25, -0.2) is 0 Å². The van der Waals surface area contributed by atoms with Crippen LogP contribution >= 0.6 is 15.9 Å². The Morgan fingerprint density at radius 3 is 2.25 bits per heavy atom. The second kappa shape index (κ2) is 8.02. The third kappa shape index (κ3) is 5.12. The highest BCUT2D eigenvalue weighted by Crippen LogP contribution is 2.09. The van der Waals surface area contributed by atoms with Crippen LogP contribution in [0.15, 0.2) is 0 Å². The molecule has 74 valence electrons. The standard InChI is InChI=1S/C9H18BrN.H3N/c10-6-2-5-9-11-7-3-1-4-8-11;/h1-9H2;1H3. The molecule has 1 aliphatic rings. The Morgan fingerprint density at radius 1 is 1.00 bits per heavy atom. The summed E-state index contributed by atoms with van der Waals surface area (Å²) in [7, 11) is 0. The Bertz CT molecular complexity index is 92.5. The van der Waals surface area contributed by atoms with Crippen LogP contribution in [0.4, 0.5) is 0 Å². The SMILES string of the molecule is BrCCCCN1CCCCC1.N. The van der Waals surface area contributed by atoms with Crippen LogP contribution in [-0.4, -0.2) is 29.9 Å². The van der Waals surface area contributed by atoms with E-state index in [4.69, 9.17) is 0 Å². The molecule has 1 heterocycles. The van der Waals surface area contributed by atoms with Gasteiger partial charge in [-0.05, 0) is 45.3 Å². The lowest BCUT2D eigenvalue weighted by Gasteiger charge is -2.26. The molecule has 1 aliphatic heterocycles. The summed E-state index contributed by atoms with van der Waals surface area (Å²) in [5, 5.41) is 1.17. The van der Waals surface area contributed by atoms with Gasteiger partial charge in [0.15, 0.2) is 0 Å². The third-order valence-corrected chi connectivity index (χ3v) is 2.87.